The number of benzene rings is 1. The topological polar surface area (TPSA) is 24.9 Å². The normalized spacial score (nSPS) is 18.1. The Bertz CT molecular complexity index is 626. The van der Waals surface area contributed by atoms with E-state index in [1.807, 2.05) is 7.05 Å². The highest BCUT2D eigenvalue weighted by Crippen LogP contribution is 2.35. The minimum atomic E-state index is -0.326. The number of nitrogens with one attached hydrogen (secondary N) is 1. The summed E-state index contributed by atoms with van der Waals surface area (Å²) in [6.45, 7) is 0. The van der Waals surface area contributed by atoms with Crippen molar-refractivity contribution in [1.29, 1.82) is 0 Å². The summed E-state index contributed by atoms with van der Waals surface area (Å²) in [7, 11) is 1.98. The third kappa shape index (κ3) is 2.60. The van der Waals surface area contributed by atoms with Crippen molar-refractivity contribution in [2.75, 3.05) is 7.05 Å². The molecule has 0 saturated carbocycles. The van der Waals surface area contributed by atoms with Gasteiger partial charge in [0.15, 0.2) is 0 Å². The quantitative estimate of drug-likeness (QED) is 0.922. The molecule has 3 rings (SSSR count). The van der Waals surface area contributed by atoms with Crippen molar-refractivity contribution >= 4 is 22.9 Å². The Morgan fingerprint density at radius 3 is 3.15 bits per heavy atom. The number of aryl methyl sites for hydroxylation is 1. The van der Waals surface area contributed by atoms with Crippen LogP contribution in [-0.2, 0) is 12.8 Å². The Morgan fingerprint density at radius 2 is 2.35 bits per heavy atom. The summed E-state index contributed by atoms with van der Waals surface area (Å²) >= 11 is 7.52. The summed E-state index contributed by atoms with van der Waals surface area (Å²) < 4.78 is 13.9. The van der Waals surface area contributed by atoms with Crippen molar-refractivity contribution in [3.8, 4) is 0 Å². The lowest BCUT2D eigenvalue weighted by Crippen LogP contribution is -2.19. The van der Waals surface area contributed by atoms with E-state index >= 15 is 0 Å². The average Bonchev–Trinajstić information content (AvgIpc) is 2.86. The molecule has 0 saturated heterocycles. The standard InChI is InChI=1S/C15H16ClFN2S/c1-18-11-6-3-7-12-15(11)20-13(19-12)8-9-4-2-5-10(16)14(9)17/h2,4-5,11,18H,3,6-8H2,1H3. The molecule has 2 nitrogen and oxygen atoms in total. The number of aromatic nitrogens is 1. The smallest absolute Gasteiger partial charge is 0.145 e. The van der Waals surface area contributed by atoms with E-state index in [0.29, 0.717) is 18.0 Å². The molecule has 1 aliphatic carbocycles. The van der Waals surface area contributed by atoms with Crippen LogP contribution in [0.5, 0.6) is 0 Å². The minimum Gasteiger partial charge on any atom is -0.312 e. The van der Waals surface area contributed by atoms with Crippen molar-refractivity contribution in [2.45, 2.75) is 31.7 Å². The Morgan fingerprint density at radius 1 is 1.50 bits per heavy atom. The fourth-order valence-electron chi connectivity index (χ4n) is 2.67. The molecule has 1 heterocycles. The predicted molar refractivity (Wildman–Crippen MR) is 81.1 cm³/mol. The summed E-state index contributed by atoms with van der Waals surface area (Å²) in [5.41, 5.74) is 1.79. The fraction of sp³-hybridized carbons (Fsp3) is 0.400. The monoisotopic (exact) mass is 310 g/mol. The third-order valence-electron chi connectivity index (χ3n) is 3.72. The molecule has 0 aliphatic heterocycles. The van der Waals surface area contributed by atoms with E-state index in [9.17, 15) is 4.39 Å². The van der Waals surface area contributed by atoms with Gasteiger partial charge < -0.3 is 5.32 Å². The second-order valence-electron chi connectivity index (χ2n) is 5.04. The zero-order valence-corrected chi connectivity index (χ0v) is 12.8. The lowest BCUT2D eigenvalue weighted by atomic mass is 9.98. The van der Waals surface area contributed by atoms with Crippen LogP contribution in [0, 0.1) is 5.82 Å². The number of hydrogen-bond donors (Lipinski definition) is 1. The highest BCUT2D eigenvalue weighted by atomic mass is 35.5. The van der Waals surface area contributed by atoms with E-state index in [1.54, 1.807) is 29.5 Å². The van der Waals surface area contributed by atoms with Crippen LogP contribution in [0.15, 0.2) is 18.2 Å². The van der Waals surface area contributed by atoms with Crippen molar-refractivity contribution in [2.24, 2.45) is 0 Å². The fourth-order valence-corrected chi connectivity index (χ4v) is 4.14. The van der Waals surface area contributed by atoms with E-state index in [1.165, 1.54) is 10.6 Å². The zero-order valence-electron chi connectivity index (χ0n) is 11.2. The first-order valence-corrected chi connectivity index (χ1v) is 7.97. The van der Waals surface area contributed by atoms with Crippen LogP contribution in [0.2, 0.25) is 5.02 Å². The number of nitrogens with zero attached hydrogens (tertiary/aromatic N) is 1. The summed E-state index contributed by atoms with van der Waals surface area (Å²) in [5.74, 6) is -0.326. The Balaban J connectivity index is 1.89. The summed E-state index contributed by atoms with van der Waals surface area (Å²) in [6.07, 6.45) is 3.85. The van der Waals surface area contributed by atoms with Gasteiger partial charge in [0, 0.05) is 17.3 Å². The van der Waals surface area contributed by atoms with Crippen molar-refractivity contribution < 1.29 is 4.39 Å². The molecule has 20 heavy (non-hydrogen) atoms. The van der Waals surface area contributed by atoms with Crippen LogP contribution in [0.1, 0.15) is 40.0 Å². The van der Waals surface area contributed by atoms with E-state index in [0.717, 1.165) is 24.3 Å². The van der Waals surface area contributed by atoms with E-state index < -0.39 is 0 Å². The van der Waals surface area contributed by atoms with Crippen LogP contribution in [0.25, 0.3) is 0 Å². The summed E-state index contributed by atoms with van der Waals surface area (Å²) in [6, 6.07) is 5.53. The molecule has 5 heteroatoms. The number of hydrogen-bond acceptors (Lipinski definition) is 3. The van der Waals surface area contributed by atoms with Gasteiger partial charge in [0.25, 0.3) is 0 Å². The molecule has 1 atom stereocenters. The highest BCUT2D eigenvalue weighted by molar-refractivity contribution is 7.11. The molecule has 1 unspecified atom stereocenters. The maximum absolute atomic E-state index is 13.9. The van der Waals surface area contributed by atoms with Gasteiger partial charge >= 0.3 is 0 Å². The average molecular weight is 311 g/mol. The molecule has 1 N–H and O–H groups in total. The van der Waals surface area contributed by atoms with Crippen LogP contribution < -0.4 is 5.32 Å². The molecule has 0 fully saturated rings. The zero-order chi connectivity index (χ0) is 14.1. The predicted octanol–water partition coefficient (Wildman–Crippen LogP) is 4.12. The van der Waals surface area contributed by atoms with Crippen molar-refractivity contribution in [3.63, 3.8) is 0 Å². The molecule has 0 spiro atoms. The van der Waals surface area contributed by atoms with Gasteiger partial charge in [-0.15, -0.1) is 11.3 Å². The summed E-state index contributed by atoms with van der Waals surface area (Å²) in [4.78, 5) is 6.00. The first kappa shape index (κ1) is 14.0. The Labute approximate surface area is 127 Å². The third-order valence-corrected chi connectivity index (χ3v) is 5.22. The molecule has 1 aromatic heterocycles. The SMILES string of the molecule is CNC1CCCc2nc(Cc3cccc(Cl)c3F)sc21. The number of thiazole rings is 1. The second kappa shape index (κ2) is 5.80. The maximum atomic E-state index is 13.9. The molecule has 0 radical (unpaired) electrons. The maximum Gasteiger partial charge on any atom is 0.145 e. The number of rotatable bonds is 3. The van der Waals surface area contributed by atoms with Gasteiger partial charge in [0.1, 0.15) is 5.82 Å². The summed E-state index contributed by atoms with van der Waals surface area (Å²) in [5, 5.41) is 4.48. The van der Waals surface area contributed by atoms with Crippen molar-refractivity contribution in [3.05, 3.63) is 50.2 Å². The first-order valence-electron chi connectivity index (χ1n) is 6.77. The van der Waals surface area contributed by atoms with E-state index in [4.69, 9.17) is 11.6 Å². The van der Waals surface area contributed by atoms with Gasteiger partial charge in [-0.05, 0) is 37.9 Å². The molecular weight excluding hydrogens is 295 g/mol. The van der Waals surface area contributed by atoms with E-state index in [2.05, 4.69) is 10.3 Å². The lowest BCUT2D eigenvalue weighted by molar-refractivity contribution is 0.501. The molecular formula is C15H16ClFN2S. The van der Waals surface area contributed by atoms with Gasteiger partial charge in [0.2, 0.25) is 0 Å². The molecule has 2 aromatic rings. The van der Waals surface area contributed by atoms with Gasteiger partial charge in [-0.1, -0.05) is 23.7 Å². The van der Waals surface area contributed by atoms with Gasteiger partial charge in [-0.3, -0.25) is 0 Å². The molecule has 1 aliphatic rings. The van der Waals surface area contributed by atoms with Gasteiger partial charge in [-0.2, -0.15) is 0 Å². The number of fused-ring (bicyclic) bond motifs is 1. The largest absolute Gasteiger partial charge is 0.312 e. The van der Waals surface area contributed by atoms with Crippen LogP contribution >= 0.6 is 22.9 Å². The molecule has 1 aromatic carbocycles. The van der Waals surface area contributed by atoms with E-state index in [-0.39, 0.29) is 10.8 Å². The van der Waals surface area contributed by atoms with Gasteiger partial charge in [0.05, 0.1) is 15.7 Å². The molecule has 0 bridgehead atoms. The molecule has 0 amide bonds. The van der Waals surface area contributed by atoms with Crippen LogP contribution in [-0.4, -0.2) is 12.0 Å². The lowest BCUT2D eigenvalue weighted by Gasteiger charge is -2.20. The Kier molecular flexibility index (Phi) is 4.06. The molecule has 106 valence electrons. The van der Waals surface area contributed by atoms with Crippen molar-refractivity contribution in [1.82, 2.24) is 10.3 Å². The van der Waals surface area contributed by atoms with Gasteiger partial charge in [-0.25, -0.2) is 9.37 Å². The first-order chi connectivity index (χ1) is 9.69. The number of halogens is 2. The Hall–Kier alpha value is -0.970. The highest BCUT2D eigenvalue weighted by Gasteiger charge is 2.23. The van der Waals surface area contributed by atoms with Crippen LogP contribution in [0.3, 0.4) is 0 Å². The van der Waals surface area contributed by atoms with Crippen LogP contribution in [0.4, 0.5) is 4.39 Å². The minimum absolute atomic E-state index is 0.178. The second-order valence-corrected chi connectivity index (χ2v) is 6.56.